The Morgan fingerprint density at radius 1 is 1.19 bits per heavy atom. The van der Waals surface area contributed by atoms with Crippen LogP contribution in [-0.2, 0) is 0 Å². The van der Waals surface area contributed by atoms with Gasteiger partial charge >= 0.3 is 0 Å². The fourth-order valence-electron chi connectivity index (χ4n) is 2.90. The molecule has 0 aliphatic carbocycles. The van der Waals surface area contributed by atoms with E-state index in [0.29, 0.717) is 17.4 Å². The Balaban J connectivity index is 2.28. The average Bonchev–Trinajstić information content (AvgIpc) is 2.86. The van der Waals surface area contributed by atoms with Crippen molar-refractivity contribution in [2.24, 2.45) is 0 Å². The van der Waals surface area contributed by atoms with E-state index in [1.807, 2.05) is 19.9 Å². The Bertz CT molecular complexity index is 699. The monoisotopic (exact) mass is 285 g/mol. The van der Waals surface area contributed by atoms with E-state index in [4.69, 9.17) is 4.42 Å². The third kappa shape index (κ3) is 3.02. The zero-order chi connectivity index (χ0) is 15.7. The summed E-state index contributed by atoms with van der Waals surface area (Å²) in [6.07, 6.45) is 3.52. The molecule has 0 unspecified atom stereocenters. The highest BCUT2D eigenvalue weighted by atomic mass is 16.3. The number of carbonyl (C=O) groups is 1. The molecule has 21 heavy (non-hydrogen) atoms. The third-order valence-corrected chi connectivity index (χ3v) is 3.76. The van der Waals surface area contributed by atoms with Crippen LogP contribution in [0.3, 0.4) is 0 Å². The highest BCUT2D eigenvalue weighted by Crippen LogP contribution is 2.22. The number of hydrogen-bond acceptors (Lipinski definition) is 2. The van der Waals surface area contributed by atoms with Crippen molar-refractivity contribution >= 4 is 11.9 Å². The molecule has 2 rings (SSSR count). The molecule has 2 aromatic heterocycles. The molecule has 2 heterocycles. The molecule has 0 aliphatic heterocycles. The van der Waals surface area contributed by atoms with Crippen LogP contribution >= 0.6 is 0 Å². The summed E-state index contributed by atoms with van der Waals surface area (Å²) in [5, 5.41) is 0. The predicted molar refractivity (Wildman–Crippen MR) is 85.8 cm³/mol. The molecule has 0 saturated carbocycles. The Hall–Kier alpha value is -2.03. The van der Waals surface area contributed by atoms with Crippen molar-refractivity contribution in [3.8, 4) is 0 Å². The van der Waals surface area contributed by atoms with E-state index < -0.39 is 0 Å². The second kappa shape index (κ2) is 5.76. The largest absolute Gasteiger partial charge is 0.466 e. The van der Waals surface area contributed by atoms with Gasteiger partial charge < -0.3 is 8.98 Å². The summed E-state index contributed by atoms with van der Waals surface area (Å²) in [5.74, 6) is 1.43. The maximum Gasteiger partial charge on any atom is 0.189 e. The summed E-state index contributed by atoms with van der Waals surface area (Å²) in [6, 6.07) is 4.33. The molecule has 0 spiro atoms. The fourth-order valence-corrected chi connectivity index (χ4v) is 2.90. The number of nitrogens with zero attached hydrogens (tertiary/aromatic N) is 1. The summed E-state index contributed by atoms with van der Waals surface area (Å²) >= 11 is 0. The molecule has 0 fully saturated rings. The van der Waals surface area contributed by atoms with Crippen molar-refractivity contribution in [3.63, 3.8) is 0 Å². The number of aromatic nitrogens is 1. The van der Waals surface area contributed by atoms with Crippen LogP contribution in [0.25, 0.3) is 6.08 Å². The Kier molecular flexibility index (Phi) is 4.21. The molecule has 0 radical (unpaired) electrons. The van der Waals surface area contributed by atoms with Crippen LogP contribution in [0.4, 0.5) is 0 Å². The van der Waals surface area contributed by atoms with Gasteiger partial charge in [-0.2, -0.15) is 0 Å². The number of hydrogen-bond donors (Lipinski definition) is 0. The van der Waals surface area contributed by atoms with Gasteiger partial charge in [-0.05, 0) is 71.4 Å². The molecule has 2 aromatic rings. The maximum atomic E-state index is 12.2. The number of carbonyl (C=O) groups excluding carboxylic acids is 1. The van der Waals surface area contributed by atoms with Crippen molar-refractivity contribution in [1.29, 1.82) is 0 Å². The number of allylic oxidation sites excluding steroid dienone is 1. The maximum absolute atomic E-state index is 12.2. The number of ketones is 1. The van der Waals surface area contributed by atoms with Crippen LogP contribution in [0.15, 0.2) is 22.6 Å². The molecule has 0 bridgehead atoms. The fraction of sp³-hybridized carbons (Fsp3) is 0.389. The van der Waals surface area contributed by atoms with Crippen LogP contribution in [0.2, 0.25) is 0 Å². The first kappa shape index (κ1) is 15.4. The second-order valence-corrected chi connectivity index (χ2v) is 5.81. The Morgan fingerprint density at radius 3 is 2.33 bits per heavy atom. The average molecular weight is 285 g/mol. The number of furan rings is 1. The third-order valence-electron chi connectivity index (χ3n) is 3.76. The lowest BCUT2D eigenvalue weighted by atomic mass is 10.1. The molecule has 0 aromatic carbocycles. The van der Waals surface area contributed by atoms with Crippen molar-refractivity contribution in [2.75, 3.05) is 0 Å². The molecule has 0 saturated heterocycles. The van der Waals surface area contributed by atoms with Crippen LogP contribution in [0, 0.1) is 27.7 Å². The standard InChI is InChI=1S/C18H23NO2/c1-11(2)19-12(3)9-16(14(19)5)7-8-18(20)17-10-13(4)21-15(17)6/h7-11H,1-6H3/b8-7+. The first-order valence-electron chi connectivity index (χ1n) is 7.29. The molecule has 0 amide bonds. The van der Waals surface area contributed by atoms with Crippen molar-refractivity contribution in [3.05, 3.63) is 52.2 Å². The zero-order valence-electron chi connectivity index (χ0n) is 13.7. The Labute approximate surface area is 126 Å². The topological polar surface area (TPSA) is 35.1 Å². The first-order valence-corrected chi connectivity index (χ1v) is 7.29. The lowest BCUT2D eigenvalue weighted by Gasteiger charge is -2.13. The van der Waals surface area contributed by atoms with Gasteiger partial charge in [-0.1, -0.05) is 0 Å². The van der Waals surface area contributed by atoms with E-state index in [1.54, 1.807) is 12.1 Å². The minimum absolute atomic E-state index is 0.0151. The number of aryl methyl sites for hydroxylation is 3. The van der Waals surface area contributed by atoms with Crippen molar-refractivity contribution in [2.45, 2.75) is 47.6 Å². The van der Waals surface area contributed by atoms with Crippen LogP contribution in [0.1, 0.15) is 58.7 Å². The van der Waals surface area contributed by atoms with Gasteiger partial charge in [0.1, 0.15) is 11.5 Å². The molecule has 112 valence electrons. The van der Waals surface area contributed by atoms with Gasteiger partial charge in [0, 0.05) is 17.4 Å². The quantitative estimate of drug-likeness (QED) is 0.598. The van der Waals surface area contributed by atoms with Gasteiger partial charge in [0.05, 0.1) is 5.56 Å². The van der Waals surface area contributed by atoms with Gasteiger partial charge in [0.25, 0.3) is 0 Å². The predicted octanol–water partition coefficient (Wildman–Crippen LogP) is 4.79. The normalized spacial score (nSPS) is 11.8. The van der Waals surface area contributed by atoms with Crippen LogP contribution < -0.4 is 0 Å². The summed E-state index contributed by atoms with van der Waals surface area (Å²) in [4.78, 5) is 12.2. The summed E-state index contributed by atoms with van der Waals surface area (Å²) in [7, 11) is 0. The minimum atomic E-state index is -0.0151. The highest BCUT2D eigenvalue weighted by molar-refractivity contribution is 6.07. The first-order chi connectivity index (χ1) is 9.81. The Morgan fingerprint density at radius 2 is 1.86 bits per heavy atom. The summed E-state index contributed by atoms with van der Waals surface area (Å²) in [5.41, 5.74) is 4.13. The summed E-state index contributed by atoms with van der Waals surface area (Å²) in [6.45, 7) is 12.2. The van der Waals surface area contributed by atoms with E-state index in [1.165, 1.54) is 11.4 Å². The van der Waals surface area contributed by atoms with E-state index in [0.717, 1.165) is 11.3 Å². The lowest BCUT2D eigenvalue weighted by Crippen LogP contribution is -2.04. The molecule has 0 N–H and O–H groups in total. The van der Waals surface area contributed by atoms with Crippen molar-refractivity contribution < 1.29 is 9.21 Å². The minimum Gasteiger partial charge on any atom is -0.466 e. The van der Waals surface area contributed by atoms with E-state index >= 15 is 0 Å². The van der Waals surface area contributed by atoms with Crippen LogP contribution in [0.5, 0.6) is 0 Å². The summed E-state index contributed by atoms with van der Waals surface area (Å²) < 4.78 is 7.68. The number of rotatable bonds is 4. The molecule has 3 nitrogen and oxygen atoms in total. The SMILES string of the molecule is Cc1cc(C(=O)/C=C/c2cc(C)n(C(C)C)c2C)c(C)o1. The molecule has 3 heteroatoms. The van der Waals surface area contributed by atoms with Crippen molar-refractivity contribution in [1.82, 2.24) is 4.57 Å². The lowest BCUT2D eigenvalue weighted by molar-refractivity contribution is 0.104. The molecule has 0 atom stereocenters. The smallest absolute Gasteiger partial charge is 0.189 e. The second-order valence-electron chi connectivity index (χ2n) is 5.81. The van der Waals surface area contributed by atoms with Gasteiger partial charge in [0.15, 0.2) is 5.78 Å². The van der Waals surface area contributed by atoms with E-state index in [-0.39, 0.29) is 5.78 Å². The van der Waals surface area contributed by atoms with E-state index in [2.05, 4.69) is 38.3 Å². The van der Waals surface area contributed by atoms with Crippen LogP contribution in [-0.4, -0.2) is 10.4 Å². The molecule has 0 aliphatic rings. The van der Waals surface area contributed by atoms with Gasteiger partial charge in [0.2, 0.25) is 0 Å². The highest BCUT2D eigenvalue weighted by Gasteiger charge is 2.12. The molecular weight excluding hydrogens is 262 g/mol. The zero-order valence-corrected chi connectivity index (χ0v) is 13.7. The molecular formula is C18H23NO2. The van der Waals surface area contributed by atoms with E-state index in [9.17, 15) is 4.79 Å². The van der Waals surface area contributed by atoms with Gasteiger partial charge in [-0.15, -0.1) is 0 Å². The van der Waals surface area contributed by atoms with Gasteiger partial charge in [-0.3, -0.25) is 4.79 Å². The van der Waals surface area contributed by atoms with Gasteiger partial charge in [-0.25, -0.2) is 0 Å².